The maximum atomic E-state index is 12.5. The van der Waals surface area contributed by atoms with E-state index in [4.69, 9.17) is 0 Å². The van der Waals surface area contributed by atoms with Gasteiger partial charge >= 0.3 is 0 Å². The molecule has 0 radical (unpaired) electrons. The molecule has 0 unspecified atom stereocenters. The number of carbonyl (C=O) groups excluding carboxylic acids is 1. The number of amides is 1. The molecular weight excluding hydrogens is 404 g/mol. The molecule has 27 heavy (non-hydrogen) atoms. The van der Waals surface area contributed by atoms with E-state index in [0.717, 1.165) is 15.6 Å². The van der Waals surface area contributed by atoms with Gasteiger partial charge in [-0.25, -0.2) is 0 Å². The minimum atomic E-state index is -0.394. The van der Waals surface area contributed by atoms with Crippen molar-refractivity contribution in [2.24, 2.45) is 0 Å². The zero-order valence-corrected chi connectivity index (χ0v) is 16.8. The molecule has 0 aliphatic carbocycles. The van der Waals surface area contributed by atoms with Crippen molar-refractivity contribution in [3.05, 3.63) is 92.7 Å². The van der Waals surface area contributed by atoms with E-state index < -0.39 is 5.56 Å². The maximum Gasteiger partial charge on any atom is 0.261 e. The molecule has 0 bridgehead atoms. The Kier molecular flexibility index (Phi) is 5.61. The average molecular weight is 425 g/mol. The molecule has 0 fully saturated rings. The summed E-state index contributed by atoms with van der Waals surface area (Å²) in [6.07, 6.45) is 0. The second-order valence-electron chi connectivity index (χ2n) is 7.06. The highest BCUT2D eigenvalue weighted by Gasteiger charge is 2.22. The van der Waals surface area contributed by atoms with Gasteiger partial charge in [-0.3, -0.25) is 9.59 Å². The summed E-state index contributed by atoms with van der Waals surface area (Å²) < 4.78 is 0.993. The third-order valence-electron chi connectivity index (χ3n) is 4.54. The van der Waals surface area contributed by atoms with Crippen LogP contribution in [-0.2, 0) is 5.41 Å². The van der Waals surface area contributed by atoms with E-state index >= 15 is 0 Å². The van der Waals surface area contributed by atoms with Crippen LogP contribution >= 0.6 is 15.9 Å². The van der Waals surface area contributed by atoms with Gasteiger partial charge in [-0.1, -0.05) is 72.2 Å². The molecule has 3 rings (SSSR count). The Bertz CT molecular complexity index is 1010. The lowest BCUT2D eigenvalue weighted by atomic mass is 9.84. The molecule has 1 aromatic heterocycles. The molecule has 0 aliphatic heterocycles. The molecule has 4 nitrogen and oxygen atoms in total. The number of carbonyl (C=O) groups is 1. The van der Waals surface area contributed by atoms with Crippen LogP contribution < -0.4 is 10.9 Å². The Balaban J connectivity index is 1.74. The molecule has 0 aliphatic rings. The number of hydrogen-bond acceptors (Lipinski definition) is 2. The smallest absolute Gasteiger partial charge is 0.261 e. The van der Waals surface area contributed by atoms with Crippen LogP contribution in [0.15, 0.2) is 76.0 Å². The number of aromatic amines is 1. The fourth-order valence-electron chi connectivity index (χ4n) is 2.85. The monoisotopic (exact) mass is 424 g/mol. The Morgan fingerprint density at radius 1 is 1.04 bits per heavy atom. The number of halogens is 1. The minimum absolute atomic E-state index is 0.111. The highest BCUT2D eigenvalue weighted by molar-refractivity contribution is 9.10. The van der Waals surface area contributed by atoms with Gasteiger partial charge in [-0.05, 0) is 35.4 Å². The van der Waals surface area contributed by atoms with E-state index in [0.29, 0.717) is 12.2 Å². The van der Waals surface area contributed by atoms with Crippen LogP contribution in [0.1, 0.15) is 29.8 Å². The van der Waals surface area contributed by atoms with Crippen molar-refractivity contribution in [3.63, 3.8) is 0 Å². The van der Waals surface area contributed by atoms with Gasteiger partial charge in [0.05, 0.1) is 0 Å². The number of rotatable bonds is 5. The van der Waals surface area contributed by atoms with Crippen LogP contribution in [0.4, 0.5) is 0 Å². The predicted molar refractivity (Wildman–Crippen MR) is 112 cm³/mol. The van der Waals surface area contributed by atoms with E-state index in [1.165, 1.54) is 0 Å². The zero-order chi connectivity index (χ0) is 19.4. The molecule has 1 heterocycles. The number of benzene rings is 2. The molecule has 0 saturated heterocycles. The van der Waals surface area contributed by atoms with E-state index in [-0.39, 0.29) is 16.9 Å². The summed E-state index contributed by atoms with van der Waals surface area (Å²) in [6.45, 7) is 4.53. The number of pyridine rings is 1. The van der Waals surface area contributed by atoms with Crippen molar-refractivity contribution in [2.45, 2.75) is 19.3 Å². The summed E-state index contributed by atoms with van der Waals surface area (Å²) in [6, 6.07) is 20.9. The molecular formula is C22H21BrN2O2. The fraction of sp³-hybridized carbons (Fsp3) is 0.182. The molecule has 0 saturated carbocycles. The summed E-state index contributed by atoms with van der Waals surface area (Å²) in [5.41, 5.74) is 2.14. The van der Waals surface area contributed by atoms with Crippen LogP contribution in [0.5, 0.6) is 0 Å². The Hall–Kier alpha value is -2.66. The highest BCUT2D eigenvalue weighted by atomic mass is 79.9. The highest BCUT2D eigenvalue weighted by Crippen LogP contribution is 2.25. The lowest BCUT2D eigenvalue weighted by Gasteiger charge is -2.26. The normalized spacial score (nSPS) is 11.2. The lowest BCUT2D eigenvalue weighted by Crippen LogP contribution is -2.38. The van der Waals surface area contributed by atoms with Gasteiger partial charge in [0, 0.05) is 22.1 Å². The first-order valence-corrected chi connectivity index (χ1v) is 9.49. The van der Waals surface area contributed by atoms with Crippen LogP contribution in [0, 0.1) is 0 Å². The molecule has 0 spiro atoms. The Morgan fingerprint density at radius 3 is 2.44 bits per heavy atom. The quantitative estimate of drug-likeness (QED) is 0.632. The maximum absolute atomic E-state index is 12.5. The average Bonchev–Trinajstić information content (AvgIpc) is 2.67. The third kappa shape index (κ3) is 4.55. The van der Waals surface area contributed by atoms with Crippen molar-refractivity contribution < 1.29 is 4.79 Å². The molecule has 2 aromatic carbocycles. The second-order valence-corrected chi connectivity index (χ2v) is 7.97. The fourth-order valence-corrected chi connectivity index (χ4v) is 3.25. The SMILES string of the molecule is CC(C)(CNC(=O)c1ccc(-c2ccccc2)[nH]c1=O)c1cccc(Br)c1. The largest absolute Gasteiger partial charge is 0.351 e. The third-order valence-corrected chi connectivity index (χ3v) is 5.03. The van der Waals surface area contributed by atoms with Crippen molar-refractivity contribution in [3.8, 4) is 11.3 Å². The summed E-state index contributed by atoms with van der Waals surface area (Å²) in [7, 11) is 0. The number of aromatic nitrogens is 1. The van der Waals surface area contributed by atoms with Crippen LogP contribution in [0.2, 0.25) is 0 Å². The van der Waals surface area contributed by atoms with Gasteiger partial charge < -0.3 is 10.3 Å². The van der Waals surface area contributed by atoms with Gasteiger partial charge in [0.25, 0.3) is 11.5 Å². The van der Waals surface area contributed by atoms with E-state index in [9.17, 15) is 9.59 Å². The van der Waals surface area contributed by atoms with Crippen molar-refractivity contribution in [1.29, 1.82) is 0 Å². The molecule has 3 aromatic rings. The standard InChI is InChI=1S/C22H21BrN2O2/c1-22(2,16-9-6-10-17(23)13-16)14-24-20(26)18-11-12-19(25-21(18)27)15-7-4-3-5-8-15/h3-13H,14H2,1-2H3,(H,24,26)(H,25,27). The van der Waals surface area contributed by atoms with E-state index in [2.05, 4.69) is 40.1 Å². The molecule has 0 atom stereocenters. The van der Waals surface area contributed by atoms with Crippen molar-refractivity contribution in [2.75, 3.05) is 6.54 Å². The Labute approximate surface area is 166 Å². The molecule has 5 heteroatoms. The van der Waals surface area contributed by atoms with Gasteiger partial charge in [-0.2, -0.15) is 0 Å². The lowest BCUT2D eigenvalue weighted by molar-refractivity contribution is 0.0944. The molecule has 1 amide bonds. The molecule has 2 N–H and O–H groups in total. The minimum Gasteiger partial charge on any atom is -0.351 e. The van der Waals surface area contributed by atoms with Crippen molar-refractivity contribution >= 4 is 21.8 Å². The van der Waals surface area contributed by atoms with Gasteiger partial charge in [-0.15, -0.1) is 0 Å². The summed E-state index contributed by atoms with van der Waals surface area (Å²) >= 11 is 3.47. The van der Waals surface area contributed by atoms with E-state index in [1.807, 2.05) is 54.6 Å². The second kappa shape index (κ2) is 7.92. The first kappa shape index (κ1) is 19.1. The predicted octanol–water partition coefficient (Wildman–Crippen LogP) is 4.51. The number of H-pyrrole nitrogens is 1. The van der Waals surface area contributed by atoms with Gasteiger partial charge in [0.1, 0.15) is 5.56 Å². The first-order valence-electron chi connectivity index (χ1n) is 8.70. The van der Waals surface area contributed by atoms with Gasteiger partial charge in [0.2, 0.25) is 0 Å². The molecule has 138 valence electrons. The van der Waals surface area contributed by atoms with Crippen molar-refractivity contribution in [1.82, 2.24) is 10.3 Å². The Morgan fingerprint density at radius 2 is 1.78 bits per heavy atom. The topological polar surface area (TPSA) is 62.0 Å². The zero-order valence-electron chi connectivity index (χ0n) is 15.3. The van der Waals surface area contributed by atoms with Crippen LogP contribution in [0.25, 0.3) is 11.3 Å². The van der Waals surface area contributed by atoms with E-state index in [1.54, 1.807) is 12.1 Å². The van der Waals surface area contributed by atoms with Gasteiger partial charge in [0.15, 0.2) is 0 Å². The summed E-state index contributed by atoms with van der Waals surface area (Å²) in [4.78, 5) is 27.7. The van der Waals surface area contributed by atoms with Crippen LogP contribution in [-0.4, -0.2) is 17.4 Å². The van der Waals surface area contributed by atoms with Crippen LogP contribution in [0.3, 0.4) is 0 Å². The summed E-state index contributed by atoms with van der Waals surface area (Å²) in [5.74, 6) is -0.376. The summed E-state index contributed by atoms with van der Waals surface area (Å²) in [5, 5.41) is 2.88. The first-order chi connectivity index (χ1) is 12.9. The number of hydrogen-bond donors (Lipinski definition) is 2. The number of nitrogens with one attached hydrogen (secondary N) is 2.